The normalized spacial score (nSPS) is 15.1. The van der Waals surface area contributed by atoms with E-state index in [1.165, 1.54) is 17.3 Å². The molecular weight excluding hydrogens is 396 g/mol. The molecule has 0 fully saturated rings. The van der Waals surface area contributed by atoms with Gasteiger partial charge in [0.15, 0.2) is 0 Å². The Morgan fingerprint density at radius 3 is 2.63 bits per heavy atom. The monoisotopic (exact) mass is 418 g/mol. The summed E-state index contributed by atoms with van der Waals surface area (Å²) in [6.07, 6.45) is 0. The summed E-state index contributed by atoms with van der Waals surface area (Å²) in [4.78, 5) is 25.5. The lowest BCUT2D eigenvalue weighted by Crippen LogP contribution is -2.26. The number of thioether (sulfide) groups is 1. The highest BCUT2D eigenvalue weighted by atomic mass is 32.2. The molecule has 152 valence electrons. The van der Waals surface area contributed by atoms with Crippen molar-refractivity contribution in [1.82, 2.24) is 0 Å². The minimum Gasteiger partial charge on any atom is -0.489 e. The van der Waals surface area contributed by atoms with Crippen LogP contribution in [0.15, 0.2) is 71.6 Å². The zero-order valence-corrected chi connectivity index (χ0v) is 17.6. The van der Waals surface area contributed by atoms with E-state index in [2.05, 4.69) is 23.6 Å². The van der Waals surface area contributed by atoms with Crippen LogP contribution in [0.1, 0.15) is 28.4 Å². The van der Waals surface area contributed by atoms with Gasteiger partial charge in [-0.15, -0.1) is 11.8 Å². The van der Waals surface area contributed by atoms with Gasteiger partial charge in [-0.1, -0.05) is 24.3 Å². The third-order valence-electron chi connectivity index (χ3n) is 4.94. The highest BCUT2D eigenvalue weighted by Gasteiger charge is 2.23. The molecule has 6 heteroatoms. The van der Waals surface area contributed by atoms with Gasteiger partial charge in [-0.25, -0.2) is 0 Å². The Balaban J connectivity index is 1.39. The van der Waals surface area contributed by atoms with Gasteiger partial charge in [0, 0.05) is 16.1 Å². The van der Waals surface area contributed by atoms with Crippen molar-refractivity contribution < 1.29 is 14.3 Å². The van der Waals surface area contributed by atoms with Gasteiger partial charge in [0.2, 0.25) is 5.91 Å². The number of rotatable bonds is 5. The van der Waals surface area contributed by atoms with Crippen LogP contribution in [-0.2, 0) is 11.4 Å². The molecule has 0 saturated heterocycles. The first-order valence-electron chi connectivity index (χ1n) is 9.70. The molecule has 1 aliphatic heterocycles. The van der Waals surface area contributed by atoms with Crippen LogP contribution in [0.4, 0.5) is 11.4 Å². The first-order valence-corrected chi connectivity index (χ1v) is 10.6. The van der Waals surface area contributed by atoms with Crippen LogP contribution in [-0.4, -0.2) is 17.1 Å². The summed E-state index contributed by atoms with van der Waals surface area (Å²) in [6, 6.07) is 20.7. The molecule has 2 amide bonds. The van der Waals surface area contributed by atoms with Crippen molar-refractivity contribution in [3.05, 3.63) is 83.4 Å². The van der Waals surface area contributed by atoms with Crippen molar-refractivity contribution in [2.24, 2.45) is 0 Å². The van der Waals surface area contributed by atoms with E-state index in [9.17, 15) is 9.59 Å². The standard InChI is InChI=1S/C24H22N2O3S/c1-15-5-3-4-6-18(15)14-29-20-10-8-19(9-11-20)25-24(28)17-7-12-22-21(13-17)26-23(27)16(2)30-22/h3-13,16H,14H2,1-2H3,(H,25,28)(H,26,27). The number of aryl methyl sites for hydroxylation is 1. The number of nitrogens with one attached hydrogen (secondary N) is 2. The number of carbonyl (C=O) groups excluding carboxylic acids is 2. The van der Waals surface area contributed by atoms with Gasteiger partial charge in [0.05, 0.1) is 10.9 Å². The van der Waals surface area contributed by atoms with Crippen LogP contribution in [0.5, 0.6) is 5.75 Å². The maximum atomic E-state index is 12.6. The third kappa shape index (κ3) is 4.49. The number of benzene rings is 3. The molecule has 0 aliphatic carbocycles. The molecule has 2 N–H and O–H groups in total. The molecule has 1 unspecified atom stereocenters. The molecule has 5 nitrogen and oxygen atoms in total. The molecule has 1 atom stereocenters. The lowest BCUT2D eigenvalue weighted by atomic mass is 10.1. The van der Waals surface area contributed by atoms with E-state index in [1.54, 1.807) is 12.1 Å². The molecule has 0 aromatic heterocycles. The summed E-state index contributed by atoms with van der Waals surface area (Å²) in [6.45, 7) is 4.41. The molecule has 0 saturated carbocycles. The van der Waals surface area contributed by atoms with Crippen molar-refractivity contribution in [3.63, 3.8) is 0 Å². The van der Waals surface area contributed by atoms with E-state index >= 15 is 0 Å². The summed E-state index contributed by atoms with van der Waals surface area (Å²) >= 11 is 1.49. The van der Waals surface area contributed by atoms with Crippen molar-refractivity contribution in [2.75, 3.05) is 10.6 Å². The Labute approximate surface area is 179 Å². The predicted molar refractivity (Wildman–Crippen MR) is 120 cm³/mol. The van der Waals surface area contributed by atoms with Crippen molar-refractivity contribution >= 4 is 35.0 Å². The van der Waals surface area contributed by atoms with Crippen LogP contribution in [0.3, 0.4) is 0 Å². The summed E-state index contributed by atoms with van der Waals surface area (Å²) in [5.74, 6) is 0.453. The Bertz CT molecular complexity index is 1100. The van der Waals surface area contributed by atoms with Crippen molar-refractivity contribution in [3.8, 4) is 5.75 Å². The lowest BCUT2D eigenvalue weighted by molar-refractivity contribution is -0.115. The Morgan fingerprint density at radius 2 is 1.87 bits per heavy atom. The Hall–Kier alpha value is -3.25. The van der Waals surface area contributed by atoms with Gasteiger partial charge in [0.25, 0.3) is 5.91 Å². The highest BCUT2D eigenvalue weighted by molar-refractivity contribution is 8.00. The van der Waals surface area contributed by atoms with Gasteiger partial charge in [-0.05, 0) is 67.4 Å². The van der Waals surface area contributed by atoms with Gasteiger partial charge < -0.3 is 15.4 Å². The molecule has 0 spiro atoms. The van der Waals surface area contributed by atoms with E-state index in [4.69, 9.17) is 4.74 Å². The fraction of sp³-hybridized carbons (Fsp3) is 0.167. The maximum Gasteiger partial charge on any atom is 0.255 e. The number of hydrogen-bond acceptors (Lipinski definition) is 4. The van der Waals surface area contributed by atoms with Crippen LogP contribution < -0.4 is 15.4 Å². The van der Waals surface area contributed by atoms with Crippen LogP contribution in [0.2, 0.25) is 0 Å². The van der Waals surface area contributed by atoms with Crippen LogP contribution in [0.25, 0.3) is 0 Å². The minimum absolute atomic E-state index is 0.0497. The number of fused-ring (bicyclic) bond motifs is 1. The Morgan fingerprint density at radius 1 is 1.10 bits per heavy atom. The van der Waals surface area contributed by atoms with Gasteiger partial charge in [0.1, 0.15) is 12.4 Å². The largest absolute Gasteiger partial charge is 0.489 e. The third-order valence-corrected chi connectivity index (χ3v) is 6.12. The fourth-order valence-electron chi connectivity index (χ4n) is 3.12. The number of hydrogen-bond donors (Lipinski definition) is 2. The quantitative estimate of drug-likeness (QED) is 0.593. The van der Waals surface area contributed by atoms with E-state index in [-0.39, 0.29) is 17.1 Å². The second kappa shape index (κ2) is 8.63. The zero-order valence-electron chi connectivity index (χ0n) is 16.8. The lowest BCUT2D eigenvalue weighted by Gasteiger charge is -2.21. The number of ether oxygens (including phenoxy) is 1. The highest BCUT2D eigenvalue weighted by Crippen LogP contribution is 2.36. The zero-order chi connectivity index (χ0) is 21.1. The second-order valence-electron chi connectivity index (χ2n) is 7.15. The van der Waals surface area contributed by atoms with E-state index in [0.29, 0.717) is 23.5 Å². The topological polar surface area (TPSA) is 67.4 Å². The summed E-state index contributed by atoms with van der Waals surface area (Å²) in [5.41, 5.74) is 4.17. The second-order valence-corrected chi connectivity index (χ2v) is 8.54. The smallest absolute Gasteiger partial charge is 0.255 e. The molecule has 0 bridgehead atoms. The minimum atomic E-state index is -0.232. The van der Waals surface area contributed by atoms with Gasteiger partial charge >= 0.3 is 0 Å². The molecule has 1 heterocycles. The first kappa shape index (κ1) is 20.0. The van der Waals surface area contributed by atoms with Gasteiger partial charge in [-0.3, -0.25) is 9.59 Å². The maximum absolute atomic E-state index is 12.6. The number of amides is 2. The first-order chi connectivity index (χ1) is 14.5. The number of carbonyl (C=O) groups is 2. The number of anilines is 2. The molecule has 1 aliphatic rings. The molecular formula is C24H22N2O3S. The summed E-state index contributed by atoms with van der Waals surface area (Å²) in [5, 5.41) is 5.60. The average molecular weight is 419 g/mol. The Kier molecular flexibility index (Phi) is 5.77. The van der Waals surface area contributed by atoms with Crippen LogP contribution in [0, 0.1) is 6.92 Å². The van der Waals surface area contributed by atoms with Crippen molar-refractivity contribution in [1.29, 1.82) is 0 Å². The predicted octanol–water partition coefficient (Wildman–Crippen LogP) is 5.26. The summed E-state index contributed by atoms with van der Waals surface area (Å²) in [7, 11) is 0. The molecule has 3 aromatic rings. The average Bonchev–Trinajstić information content (AvgIpc) is 2.74. The van der Waals surface area contributed by atoms with Crippen LogP contribution >= 0.6 is 11.8 Å². The molecule has 3 aromatic carbocycles. The van der Waals surface area contributed by atoms with E-state index < -0.39 is 0 Å². The van der Waals surface area contributed by atoms with Crippen molar-refractivity contribution in [2.45, 2.75) is 30.6 Å². The molecule has 30 heavy (non-hydrogen) atoms. The molecule has 4 rings (SSSR count). The van der Waals surface area contributed by atoms with E-state index in [1.807, 2.05) is 55.5 Å². The SMILES string of the molecule is Cc1ccccc1COc1ccc(NC(=O)c2ccc3c(c2)NC(=O)C(C)S3)cc1. The molecule has 0 radical (unpaired) electrons. The fourth-order valence-corrected chi connectivity index (χ4v) is 4.05. The van der Waals surface area contributed by atoms with Gasteiger partial charge in [-0.2, -0.15) is 0 Å². The summed E-state index contributed by atoms with van der Waals surface area (Å²) < 4.78 is 5.84. The van der Waals surface area contributed by atoms with E-state index in [0.717, 1.165) is 16.2 Å².